The van der Waals surface area contributed by atoms with Gasteiger partial charge in [-0.15, -0.1) is 0 Å². The number of esters is 1. The van der Waals surface area contributed by atoms with Crippen LogP contribution in [0.15, 0.2) is 18.2 Å². The Morgan fingerprint density at radius 3 is 2.22 bits per heavy atom. The first-order valence-corrected chi connectivity index (χ1v) is 12.5. The number of rotatable bonds is 7. The fourth-order valence-corrected chi connectivity index (χ4v) is 6.58. The van der Waals surface area contributed by atoms with Crippen LogP contribution < -0.4 is 4.74 Å². The van der Waals surface area contributed by atoms with E-state index in [9.17, 15) is 30.9 Å². The van der Waals surface area contributed by atoms with Gasteiger partial charge in [0.25, 0.3) is 0 Å². The van der Waals surface area contributed by atoms with E-state index in [4.69, 9.17) is 9.47 Å². The summed E-state index contributed by atoms with van der Waals surface area (Å²) in [5.74, 6) is -0.734. The van der Waals surface area contributed by atoms with Crippen LogP contribution in [0.3, 0.4) is 0 Å². The van der Waals surface area contributed by atoms with Crippen molar-refractivity contribution in [2.45, 2.75) is 57.2 Å². The third-order valence-electron chi connectivity index (χ3n) is 7.46. The summed E-state index contributed by atoms with van der Waals surface area (Å²) in [6.45, 7) is 1.27. The molecule has 0 amide bonds. The summed E-state index contributed by atoms with van der Waals surface area (Å²) in [4.78, 5) is 12.3. The van der Waals surface area contributed by atoms with E-state index in [0.29, 0.717) is 18.3 Å². The van der Waals surface area contributed by atoms with E-state index in [1.165, 1.54) is 6.42 Å². The number of alkyl halides is 3. The van der Waals surface area contributed by atoms with Crippen molar-refractivity contribution in [2.24, 2.45) is 23.7 Å². The highest BCUT2D eigenvalue weighted by Crippen LogP contribution is 2.61. The number of carbonyl (C=O) groups is 1. The van der Waals surface area contributed by atoms with Gasteiger partial charge >= 0.3 is 12.1 Å². The van der Waals surface area contributed by atoms with Gasteiger partial charge < -0.3 is 14.0 Å². The van der Waals surface area contributed by atoms with Crippen molar-refractivity contribution >= 4 is 16.1 Å². The average molecular weight is 476 g/mol. The Morgan fingerprint density at radius 2 is 1.72 bits per heavy atom. The molecular formula is C22H26F3O6S-. The zero-order valence-corrected chi connectivity index (χ0v) is 18.5. The predicted molar refractivity (Wildman–Crippen MR) is 107 cm³/mol. The Morgan fingerprint density at radius 1 is 1.12 bits per heavy atom. The van der Waals surface area contributed by atoms with Gasteiger partial charge in [-0.25, -0.2) is 13.2 Å². The molecule has 178 valence electrons. The first-order valence-electron chi connectivity index (χ1n) is 10.9. The highest BCUT2D eigenvalue weighted by Gasteiger charge is 2.58. The van der Waals surface area contributed by atoms with Crippen LogP contribution in [0.2, 0.25) is 0 Å². The fraction of sp³-hybridized carbons (Fsp3) is 0.682. The molecular weight excluding hydrogens is 449 g/mol. The van der Waals surface area contributed by atoms with Gasteiger partial charge in [-0.2, -0.15) is 13.2 Å². The van der Waals surface area contributed by atoms with Crippen LogP contribution in [-0.2, 0) is 21.0 Å². The molecule has 1 aromatic rings. The first-order chi connectivity index (χ1) is 14.9. The highest BCUT2D eigenvalue weighted by molar-refractivity contribution is 7.85. The van der Waals surface area contributed by atoms with Crippen molar-refractivity contribution in [2.75, 3.05) is 12.4 Å². The molecule has 5 rings (SSSR count). The summed E-state index contributed by atoms with van der Waals surface area (Å²) in [6, 6.07) is 2.79. The molecule has 4 aliphatic rings. The maximum Gasteiger partial charge on any atom is 0.419 e. The maximum atomic E-state index is 13.8. The molecule has 32 heavy (non-hydrogen) atoms. The summed E-state index contributed by atoms with van der Waals surface area (Å²) in [7, 11) is -4.58. The lowest BCUT2D eigenvalue weighted by molar-refractivity contribution is -0.166. The lowest BCUT2D eigenvalue weighted by atomic mass is 9.49. The highest BCUT2D eigenvalue weighted by atomic mass is 32.2. The molecule has 6 nitrogen and oxygen atoms in total. The molecule has 0 heterocycles. The maximum absolute atomic E-state index is 13.8. The van der Waals surface area contributed by atoms with Crippen LogP contribution in [0.25, 0.3) is 0 Å². The molecule has 0 radical (unpaired) electrons. The van der Waals surface area contributed by atoms with Crippen molar-refractivity contribution in [3.63, 3.8) is 0 Å². The zero-order valence-electron chi connectivity index (χ0n) is 17.7. The van der Waals surface area contributed by atoms with Crippen molar-refractivity contribution in [1.29, 1.82) is 0 Å². The Kier molecular flexibility index (Phi) is 5.98. The van der Waals surface area contributed by atoms with Crippen LogP contribution in [0, 0.1) is 23.7 Å². The molecule has 4 aliphatic carbocycles. The van der Waals surface area contributed by atoms with Crippen LogP contribution in [0.4, 0.5) is 13.2 Å². The number of hydrogen-bond donors (Lipinski definition) is 0. The SMILES string of the molecule is CCC1(Oc2cc(C(=O)OCCS(=O)(=O)[O-])ccc2C(F)(F)F)C2CC3CC(C2)CC1C3. The minimum absolute atomic E-state index is 0.183. The number of halogens is 3. The molecule has 4 bridgehead atoms. The molecule has 0 spiro atoms. The molecule has 4 fully saturated rings. The van der Waals surface area contributed by atoms with E-state index >= 15 is 0 Å². The van der Waals surface area contributed by atoms with Gasteiger partial charge in [0.05, 0.1) is 27.0 Å². The summed E-state index contributed by atoms with van der Waals surface area (Å²) >= 11 is 0. The fourth-order valence-electron chi connectivity index (χ4n) is 6.29. The third-order valence-corrected chi connectivity index (χ3v) is 8.13. The van der Waals surface area contributed by atoms with Crippen molar-refractivity contribution in [3.8, 4) is 5.75 Å². The molecule has 0 unspecified atom stereocenters. The summed E-state index contributed by atoms with van der Waals surface area (Å²) in [6.07, 6.45) is 0.910. The molecule has 0 N–H and O–H groups in total. The Labute approximate surface area is 185 Å². The molecule has 4 saturated carbocycles. The normalized spacial score (nSPS) is 31.5. The molecule has 10 heteroatoms. The lowest BCUT2D eigenvalue weighted by Crippen LogP contribution is -2.60. The van der Waals surface area contributed by atoms with E-state index in [1.54, 1.807) is 0 Å². The Hall–Kier alpha value is -1.81. The second kappa shape index (κ2) is 8.20. The summed E-state index contributed by atoms with van der Waals surface area (Å²) < 4.78 is 84.3. The first kappa shape index (κ1) is 23.4. The monoisotopic (exact) mass is 475 g/mol. The molecule has 0 aromatic heterocycles. The van der Waals surface area contributed by atoms with Gasteiger partial charge in [0, 0.05) is 0 Å². The molecule has 0 atom stereocenters. The van der Waals surface area contributed by atoms with Gasteiger partial charge in [-0.05, 0) is 80.4 Å². The number of hydrogen-bond acceptors (Lipinski definition) is 6. The topological polar surface area (TPSA) is 92.7 Å². The van der Waals surface area contributed by atoms with Gasteiger partial charge in [0.15, 0.2) is 0 Å². The summed E-state index contributed by atoms with van der Waals surface area (Å²) in [5, 5.41) is 0. The van der Waals surface area contributed by atoms with E-state index in [2.05, 4.69) is 0 Å². The van der Waals surface area contributed by atoms with Crippen LogP contribution in [0.5, 0.6) is 5.75 Å². The minimum Gasteiger partial charge on any atom is -0.748 e. The van der Waals surface area contributed by atoms with E-state index < -0.39 is 51.5 Å². The quantitative estimate of drug-likeness (QED) is 0.429. The lowest BCUT2D eigenvalue weighted by Gasteiger charge is -2.60. The second-order valence-electron chi connectivity index (χ2n) is 9.32. The van der Waals surface area contributed by atoms with Crippen LogP contribution >= 0.6 is 0 Å². The number of benzene rings is 1. The second-order valence-corrected chi connectivity index (χ2v) is 10.8. The van der Waals surface area contributed by atoms with Crippen LogP contribution in [-0.4, -0.2) is 36.9 Å². The largest absolute Gasteiger partial charge is 0.748 e. The van der Waals surface area contributed by atoms with E-state index in [1.807, 2.05) is 6.92 Å². The van der Waals surface area contributed by atoms with Crippen molar-refractivity contribution in [3.05, 3.63) is 29.3 Å². The van der Waals surface area contributed by atoms with E-state index in [-0.39, 0.29) is 17.4 Å². The zero-order chi connectivity index (χ0) is 23.3. The average Bonchev–Trinajstić information content (AvgIpc) is 2.68. The number of ether oxygens (including phenoxy) is 2. The third kappa shape index (κ3) is 4.48. The van der Waals surface area contributed by atoms with Crippen molar-refractivity contribution in [1.82, 2.24) is 0 Å². The smallest absolute Gasteiger partial charge is 0.419 e. The predicted octanol–water partition coefficient (Wildman–Crippen LogP) is 4.39. The Balaban J connectivity index is 1.63. The minimum atomic E-state index is -4.67. The van der Waals surface area contributed by atoms with E-state index in [0.717, 1.165) is 43.9 Å². The summed E-state index contributed by atoms with van der Waals surface area (Å²) in [5.41, 5.74) is -1.85. The van der Waals surface area contributed by atoms with Gasteiger partial charge in [0.1, 0.15) is 18.0 Å². The van der Waals surface area contributed by atoms with Gasteiger partial charge in [-0.1, -0.05) is 6.92 Å². The molecule has 0 saturated heterocycles. The Bertz CT molecular complexity index is 960. The molecule has 1 aromatic carbocycles. The van der Waals surface area contributed by atoms with Gasteiger partial charge in [0.2, 0.25) is 0 Å². The van der Waals surface area contributed by atoms with Crippen LogP contribution in [0.1, 0.15) is 61.4 Å². The number of carbonyl (C=O) groups excluding carboxylic acids is 1. The van der Waals surface area contributed by atoms with Gasteiger partial charge in [-0.3, -0.25) is 0 Å². The standard InChI is InChI=1S/C22H27F3O6S/c1-2-21(16-8-13-7-14(10-16)11-17(21)9-13)31-19-12-15(3-4-18(19)22(23,24)25)20(26)30-5-6-32(27,28)29/h3-4,12-14,16-17H,2,5-11H2,1H3,(H,27,28,29)/p-1. The van der Waals surface area contributed by atoms with Crippen molar-refractivity contribution < 1.29 is 40.4 Å². The molecule has 0 aliphatic heterocycles.